The number of benzene rings is 1. The lowest BCUT2D eigenvalue weighted by molar-refractivity contribution is 0.0784. The highest BCUT2D eigenvalue weighted by Gasteiger charge is 2.41. The summed E-state index contributed by atoms with van der Waals surface area (Å²) < 4.78 is 7.77. The van der Waals surface area contributed by atoms with Crippen LogP contribution in [0.5, 0.6) is 5.75 Å². The van der Waals surface area contributed by atoms with Gasteiger partial charge in [0.1, 0.15) is 11.6 Å². The van der Waals surface area contributed by atoms with Crippen LogP contribution in [0.2, 0.25) is 0 Å². The summed E-state index contributed by atoms with van der Waals surface area (Å²) in [5.74, 6) is 3.05. The number of hydrogen-bond acceptors (Lipinski definition) is 5. The average Bonchev–Trinajstić information content (AvgIpc) is 3.37. The van der Waals surface area contributed by atoms with Crippen LogP contribution in [0, 0.1) is 5.92 Å². The van der Waals surface area contributed by atoms with E-state index < -0.39 is 0 Å². The third kappa shape index (κ3) is 2.66. The molecule has 1 fully saturated rings. The molecule has 2 atom stereocenters. The fourth-order valence-electron chi connectivity index (χ4n) is 4.44. The molecule has 7 heteroatoms. The Hall–Kier alpha value is -3.22. The molecule has 0 radical (unpaired) electrons. The van der Waals surface area contributed by atoms with Crippen LogP contribution in [-0.2, 0) is 6.42 Å². The standard InChI is InChI=1S/C21H21N5O2/c1-28-18-5-3-2-4-16(18)20-24-23-19-7-6-15-12-25(13-17(15)26(19)20)21(27)14-8-10-22-11-9-14/h2-5,8-11,15,17H,6-7,12-13H2,1H3/t15-,17+/m1/s1. The number of para-hydroxylation sites is 1. The predicted octanol–water partition coefficient (Wildman–Crippen LogP) is 2.61. The van der Waals surface area contributed by atoms with Gasteiger partial charge in [-0.05, 0) is 36.6 Å². The van der Waals surface area contributed by atoms with Gasteiger partial charge in [0.25, 0.3) is 5.91 Å². The van der Waals surface area contributed by atoms with Crippen molar-refractivity contribution >= 4 is 5.91 Å². The largest absolute Gasteiger partial charge is 0.496 e. The lowest BCUT2D eigenvalue weighted by Crippen LogP contribution is -2.29. The van der Waals surface area contributed by atoms with Gasteiger partial charge in [-0.1, -0.05) is 12.1 Å². The van der Waals surface area contributed by atoms with Crippen molar-refractivity contribution in [3.63, 3.8) is 0 Å². The summed E-state index contributed by atoms with van der Waals surface area (Å²) in [6.07, 6.45) is 5.22. The summed E-state index contributed by atoms with van der Waals surface area (Å²) in [6.45, 7) is 1.42. The summed E-state index contributed by atoms with van der Waals surface area (Å²) >= 11 is 0. The molecule has 0 N–H and O–H groups in total. The zero-order chi connectivity index (χ0) is 19.1. The molecule has 2 aliphatic heterocycles. The van der Waals surface area contributed by atoms with Crippen molar-refractivity contribution in [1.29, 1.82) is 0 Å². The van der Waals surface area contributed by atoms with Crippen LogP contribution in [0.15, 0.2) is 48.8 Å². The molecule has 4 heterocycles. The van der Waals surface area contributed by atoms with E-state index in [1.807, 2.05) is 29.2 Å². The second kappa shape index (κ2) is 6.74. The van der Waals surface area contributed by atoms with E-state index in [0.717, 1.165) is 42.3 Å². The number of aryl methyl sites for hydroxylation is 1. The molecule has 1 amide bonds. The minimum atomic E-state index is 0.0604. The van der Waals surface area contributed by atoms with Crippen LogP contribution in [0.25, 0.3) is 11.4 Å². The number of ether oxygens (including phenoxy) is 1. The van der Waals surface area contributed by atoms with Gasteiger partial charge in [0.15, 0.2) is 5.82 Å². The van der Waals surface area contributed by atoms with Gasteiger partial charge in [-0.2, -0.15) is 0 Å². The van der Waals surface area contributed by atoms with Crippen molar-refractivity contribution in [2.75, 3.05) is 20.2 Å². The molecule has 0 spiro atoms. The quantitative estimate of drug-likeness (QED) is 0.704. The maximum atomic E-state index is 12.9. The van der Waals surface area contributed by atoms with Crippen LogP contribution >= 0.6 is 0 Å². The summed E-state index contributed by atoms with van der Waals surface area (Å²) in [5, 5.41) is 8.93. The number of carbonyl (C=O) groups is 1. The maximum absolute atomic E-state index is 12.9. The number of methoxy groups -OCH3 is 1. The molecular weight excluding hydrogens is 354 g/mol. The Morgan fingerprint density at radius 3 is 2.75 bits per heavy atom. The van der Waals surface area contributed by atoms with Gasteiger partial charge >= 0.3 is 0 Å². The highest BCUT2D eigenvalue weighted by Crippen LogP contribution is 2.40. The van der Waals surface area contributed by atoms with Crippen molar-refractivity contribution in [2.24, 2.45) is 5.92 Å². The number of carbonyl (C=O) groups excluding carboxylic acids is 1. The third-order valence-corrected chi connectivity index (χ3v) is 5.81. The minimum absolute atomic E-state index is 0.0604. The van der Waals surface area contributed by atoms with Crippen LogP contribution in [-0.4, -0.2) is 50.8 Å². The first-order chi connectivity index (χ1) is 13.8. The lowest BCUT2D eigenvalue weighted by Gasteiger charge is -2.27. The molecule has 7 nitrogen and oxygen atoms in total. The topological polar surface area (TPSA) is 73.1 Å². The van der Waals surface area contributed by atoms with Crippen molar-refractivity contribution in [3.8, 4) is 17.1 Å². The molecule has 0 unspecified atom stereocenters. The molecule has 28 heavy (non-hydrogen) atoms. The number of rotatable bonds is 3. The van der Waals surface area contributed by atoms with Crippen molar-refractivity contribution in [1.82, 2.24) is 24.6 Å². The van der Waals surface area contributed by atoms with Gasteiger partial charge < -0.3 is 14.2 Å². The summed E-state index contributed by atoms with van der Waals surface area (Å²) in [7, 11) is 1.67. The number of amides is 1. The highest BCUT2D eigenvalue weighted by molar-refractivity contribution is 5.94. The Kier molecular flexibility index (Phi) is 4.07. The predicted molar refractivity (Wildman–Crippen MR) is 103 cm³/mol. The first kappa shape index (κ1) is 16.9. The molecular formula is C21H21N5O2. The summed E-state index contributed by atoms with van der Waals surface area (Å²) in [5.41, 5.74) is 1.62. The summed E-state index contributed by atoms with van der Waals surface area (Å²) in [4.78, 5) is 18.9. The Morgan fingerprint density at radius 2 is 1.93 bits per heavy atom. The number of aromatic nitrogens is 4. The average molecular weight is 375 g/mol. The fourth-order valence-corrected chi connectivity index (χ4v) is 4.44. The number of fused-ring (bicyclic) bond motifs is 3. The zero-order valence-electron chi connectivity index (χ0n) is 15.7. The smallest absolute Gasteiger partial charge is 0.254 e. The second-order valence-electron chi connectivity index (χ2n) is 7.32. The van der Waals surface area contributed by atoms with Crippen molar-refractivity contribution in [3.05, 3.63) is 60.2 Å². The maximum Gasteiger partial charge on any atom is 0.254 e. The lowest BCUT2D eigenvalue weighted by atomic mass is 9.93. The van der Waals surface area contributed by atoms with E-state index in [4.69, 9.17) is 4.74 Å². The van der Waals surface area contributed by atoms with E-state index in [0.29, 0.717) is 18.0 Å². The van der Waals surface area contributed by atoms with Crippen LogP contribution in [0.3, 0.4) is 0 Å². The zero-order valence-corrected chi connectivity index (χ0v) is 15.7. The van der Waals surface area contributed by atoms with Gasteiger partial charge in [-0.25, -0.2) is 0 Å². The van der Waals surface area contributed by atoms with E-state index >= 15 is 0 Å². The molecule has 2 aliphatic rings. The molecule has 0 aliphatic carbocycles. The monoisotopic (exact) mass is 375 g/mol. The van der Waals surface area contributed by atoms with Gasteiger partial charge in [-0.15, -0.1) is 10.2 Å². The molecule has 0 saturated carbocycles. The third-order valence-electron chi connectivity index (χ3n) is 5.81. The van der Waals surface area contributed by atoms with E-state index in [1.54, 1.807) is 31.6 Å². The highest BCUT2D eigenvalue weighted by atomic mass is 16.5. The number of pyridine rings is 1. The second-order valence-corrected chi connectivity index (χ2v) is 7.32. The molecule has 1 saturated heterocycles. The summed E-state index contributed by atoms with van der Waals surface area (Å²) in [6, 6.07) is 11.6. The minimum Gasteiger partial charge on any atom is -0.496 e. The molecule has 2 aromatic heterocycles. The van der Waals surface area contributed by atoms with Gasteiger partial charge in [-0.3, -0.25) is 9.78 Å². The SMILES string of the molecule is COc1ccccc1-c1nnc2n1[C@H]1CN(C(=O)c3ccncc3)C[C@H]1CC2. The number of nitrogens with zero attached hydrogens (tertiary/aromatic N) is 5. The molecule has 0 bridgehead atoms. The van der Waals surface area contributed by atoms with E-state index in [-0.39, 0.29) is 11.9 Å². The van der Waals surface area contributed by atoms with E-state index in [2.05, 4.69) is 19.7 Å². The molecule has 1 aromatic carbocycles. The van der Waals surface area contributed by atoms with E-state index in [1.165, 1.54) is 0 Å². The van der Waals surface area contributed by atoms with Gasteiger partial charge in [0.05, 0.1) is 18.7 Å². The molecule has 3 aromatic rings. The Morgan fingerprint density at radius 1 is 1.11 bits per heavy atom. The first-order valence-electron chi connectivity index (χ1n) is 9.52. The van der Waals surface area contributed by atoms with Crippen molar-refractivity contribution in [2.45, 2.75) is 18.9 Å². The number of likely N-dealkylation sites (tertiary alicyclic amines) is 1. The van der Waals surface area contributed by atoms with Crippen LogP contribution < -0.4 is 4.74 Å². The normalized spacial score (nSPS) is 20.5. The van der Waals surface area contributed by atoms with Crippen LogP contribution in [0.4, 0.5) is 0 Å². The van der Waals surface area contributed by atoms with Gasteiger partial charge in [0, 0.05) is 37.5 Å². The Balaban J connectivity index is 1.50. The van der Waals surface area contributed by atoms with E-state index in [9.17, 15) is 4.79 Å². The first-order valence-corrected chi connectivity index (χ1v) is 9.52. The van der Waals surface area contributed by atoms with Gasteiger partial charge in [0.2, 0.25) is 0 Å². The van der Waals surface area contributed by atoms with Crippen LogP contribution in [0.1, 0.15) is 28.6 Å². The fraction of sp³-hybridized carbons (Fsp3) is 0.333. The Bertz CT molecular complexity index is 1020. The Labute approximate surface area is 163 Å². The number of hydrogen-bond donors (Lipinski definition) is 0. The molecule has 142 valence electrons. The van der Waals surface area contributed by atoms with Crippen molar-refractivity contribution < 1.29 is 9.53 Å². The molecule has 5 rings (SSSR count).